The predicted octanol–water partition coefficient (Wildman–Crippen LogP) is 4.60. The molecule has 3 aromatic rings. The lowest BCUT2D eigenvalue weighted by Crippen LogP contribution is -1.91. The van der Waals surface area contributed by atoms with E-state index in [1.165, 1.54) is 13.2 Å². The van der Waals surface area contributed by atoms with E-state index in [0.717, 1.165) is 23.1 Å². The Bertz CT molecular complexity index is 1170. The number of aromatic hydroxyl groups is 3. The maximum Gasteiger partial charge on any atom is 0.163 e. The van der Waals surface area contributed by atoms with Crippen LogP contribution in [-0.4, -0.2) is 56.1 Å². The molecule has 210 valence electrons. The third-order valence-corrected chi connectivity index (χ3v) is 5.11. The largest absolute Gasteiger partial charge is 0.508 e. The lowest BCUT2D eigenvalue weighted by Gasteiger charge is -2.08. The summed E-state index contributed by atoms with van der Waals surface area (Å²) in [6, 6.07) is 15.1. The van der Waals surface area contributed by atoms with Crippen LogP contribution >= 0.6 is 0 Å². The first kappa shape index (κ1) is 32.9. The molecule has 0 unspecified atom stereocenters. The van der Waals surface area contributed by atoms with Crippen molar-refractivity contribution in [3.8, 4) is 23.0 Å². The highest BCUT2D eigenvalue weighted by molar-refractivity contribution is 5.58. The van der Waals surface area contributed by atoms with Crippen LogP contribution < -0.4 is 4.74 Å². The molecule has 0 aromatic heterocycles. The Morgan fingerprint density at radius 3 is 1.72 bits per heavy atom. The maximum absolute atomic E-state index is 9.63. The number of benzene rings is 3. The number of allylic oxidation sites excluding steroid dienone is 1. The number of hydrogen-bond acceptors (Lipinski definition) is 8. The van der Waals surface area contributed by atoms with E-state index in [-0.39, 0.29) is 43.7 Å². The third kappa shape index (κ3) is 12.3. The number of aliphatic hydroxyl groups is 4. The minimum atomic E-state index is -0.198. The summed E-state index contributed by atoms with van der Waals surface area (Å²) in [6.45, 7) is 1.68. The van der Waals surface area contributed by atoms with Gasteiger partial charge in [-0.2, -0.15) is 0 Å². The van der Waals surface area contributed by atoms with Crippen molar-refractivity contribution in [3.63, 3.8) is 0 Å². The fourth-order valence-electron chi connectivity index (χ4n) is 3.11. The number of aliphatic hydroxyl groups excluding tert-OH is 4. The molecule has 0 saturated heterocycles. The lowest BCUT2D eigenvalue weighted by atomic mass is 10.1. The van der Waals surface area contributed by atoms with Gasteiger partial charge in [0.25, 0.3) is 0 Å². The van der Waals surface area contributed by atoms with Gasteiger partial charge in [-0.1, -0.05) is 61.6 Å². The zero-order valence-electron chi connectivity index (χ0n) is 22.2. The number of methoxy groups -OCH3 is 1. The Hall–Kier alpha value is -4.08. The second kappa shape index (κ2) is 19.1. The van der Waals surface area contributed by atoms with Crippen molar-refractivity contribution < 1.29 is 40.5 Å². The monoisotopic (exact) mass is 538 g/mol. The Morgan fingerprint density at radius 1 is 0.641 bits per heavy atom. The normalized spacial score (nSPS) is 10.8. The number of ether oxygens (including phenoxy) is 1. The van der Waals surface area contributed by atoms with Crippen LogP contribution in [0.3, 0.4) is 0 Å². The molecule has 3 aromatic carbocycles. The first-order valence-corrected chi connectivity index (χ1v) is 12.3. The molecule has 0 radical (unpaired) electrons. The van der Waals surface area contributed by atoms with Gasteiger partial charge < -0.3 is 40.5 Å². The second-order valence-electron chi connectivity index (χ2n) is 8.01. The molecule has 0 saturated carbocycles. The van der Waals surface area contributed by atoms with Crippen LogP contribution in [0.1, 0.15) is 41.2 Å². The van der Waals surface area contributed by atoms with Crippen LogP contribution in [0, 0.1) is 0 Å². The van der Waals surface area contributed by atoms with E-state index < -0.39 is 0 Å². The van der Waals surface area contributed by atoms with E-state index in [2.05, 4.69) is 0 Å². The molecule has 0 heterocycles. The van der Waals surface area contributed by atoms with Gasteiger partial charge in [-0.15, -0.1) is 0 Å². The smallest absolute Gasteiger partial charge is 0.163 e. The molecule has 0 atom stereocenters. The molecule has 7 N–H and O–H groups in total. The van der Waals surface area contributed by atoms with Crippen molar-refractivity contribution in [2.24, 2.45) is 0 Å². The van der Waals surface area contributed by atoms with Crippen molar-refractivity contribution in [3.05, 3.63) is 101 Å². The minimum Gasteiger partial charge on any atom is -0.508 e. The first-order chi connectivity index (χ1) is 18.8. The fourth-order valence-corrected chi connectivity index (χ4v) is 3.11. The number of rotatable bonds is 9. The van der Waals surface area contributed by atoms with E-state index >= 15 is 0 Å². The van der Waals surface area contributed by atoms with E-state index in [1.54, 1.807) is 72.8 Å². The summed E-state index contributed by atoms with van der Waals surface area (Å²) in [5.41, 5.74) is 3.69. The van der Waals surface area contributed by atoms with Gasteiger partial charge in [0.05, 0.1) is 33.5 Å². The summed E-state index contributed by atoms with van der Waals surface area (Å²) in [5.74, 6) is 0.737. The first-order valence-electron chi connectivity index (χ1n) is 12.3. The molecule has 0 bridgehead atoms. The quantitative estimate of drug-likeness (QED) is 0.209. The van der Waals surface area contributed by atoms with Crippen LogP contribution in [0.15, 0.2) is 72.8 Å². The van der Waals surface area contributed by atoms with Gasteiger partial charge in [0.15, 0.2) is 11.5 Å². The lowest BCUT2D eigenvalue weighted by molar-refractivity contribution is 0.272. The highest BCUT2D eigenvalue weighted by Gasteiger charge is 2.08. The van der Waals surface area contributed by atoms with Crippen molar-refractivity contribution in [1.29, 1.82) is 0 Å². The molecule has 0 aliphatic carbocycles. The average molecular weight is 539 g/mol. The van der Waals surface area contributed by atoms with E-state index in [1.807, 2.05) is 19.1 Å². The predicted molar refractivity (Wildman–Crippen MR) is 154 cm³/mol. The average Bonchev–Trinajstić information content (AvgIpc) is 2.96. The zero-order chi connectivity index (χ0) is 29.0. The molecule has 8 nitrogen and oxygen atoms in total. The third-order valence-electron chi connectivity index (χ3n) is 5.11. The summed E-state index contributed by atoms with van der Waals surface area (Å²) >= 11 is 0. The van der Waals surface area contributed by atoms with Crippen LogP contribution in [-0.2, 0) is 13.2 Å². The van der Waals surface area contributed by atoms with E-state index in [4.69, 9.17) is 30.3 Å². The van der Waals surface area contributed by atoms with Gasteiger partial charge in [-0.05, 0) is 59.5 Å². The van der Waals surface area contributed by atoms with Gasteiger partial charge in [-0.25, -0.2) is 0 Å². The van der Waals surface area contributed by atoms with Crippen LogP contribution in [0.2, 0.25) is 0 Å². The van der Waals surface area contributed by atoms with Gasteiger partial charge in [-0.3, -0.25) is 0 Å². The molecule has 0 aliphatic rings. The van der Waals surface area contributed by atoms with Crippen molar-refractivity contribution in [1.82, 2.24) is 0 Å². The Morgan fingerprint density at radius 2 is 1.18 bits per heavy atom. The number of phenolic OH excluding ortho intramolecular Hbond substituents is 1. The Kier molecular flexibility index (Phi) is 16.1. The maximum atomic E-state index is 9.63. The topological polar surface area (TPSA) is 151 Å². The molecular formula is C31H38O8. The standard InChI is InChI=1S/C12H16O3.C10H12O3.C9H10O2/c1-3-4-5-9-6-10(8-13)12(14)11(7-9)15-2;11-5-1-2-8-3-4-10(13)9(6-8)7-12;10-7-1-2-8-3-5-9(11)6-4-8/h4-7,13-14H,3,8H2,1-2H3;1-4,6,11-13H,5,7H2;1-6,10-11H,7H2/b5-4+;2*2-1+. The molecule has 0 fully saturated rings. The number of hydrogen-bond donors (Lipinski definition) is 7. The summed E-state index contributed by atoms with van der Waals surface area (Å²) in [5, 5.41) is 62.6. The molecule has 39 heavy (non-hydrogen) atoms. The second-order valence-corrected chi connectivity index (χ2v) is 8.01. The SMILES string of the molecule is CC/C=C/c1cc(CO)c(O)c(OC)c1.OC/C=C/c1ccc(O)c(CO)c1.OC/C=C/c1ccc(O)cc1. The Balaban J connectivity index is 0.000000296. The van der Waals surface area contributed by atoms with Gasteiger partial charge in [0.1, 0.15) is 11.5 Å². The summed E-state index contributed by atoms with van der Waals surface area (Å²) < 4.78 is 5.01. The number of phenols is 3. The van der Waals surface area contributed by atoms with Crippen LogP contribution in [0.25, 0.3) is 18.2 Å². The van der Waals surface area contributed by atoms with Gasteiger partial charge in [0, 0.05) is 11.1 Å². The molecule has 0 spiro atoms. The van der Waals surface area contributed by atoms with Crippen LogP contribution in [0.4, 0.5) is 0 Å². The van der Waals surface area contributed by atoms with Crippen molar-refractivity contribution in [2.45, 2.75) is 26.6 Å². The van der Waals surface area contributed by atoms with Crippen molar-refractivity contribution in [2.75, 3.05) is 20.3 Å². The Labute approximate surface area is 229 Å². The molecular weight excluding hydrogens is 500 g/mol. The van der Waals surface area contributed by atoms with Gasteiger partial charge in [0.2, 0.25) is 0 Å². The van der Waals surface area contributed by atoms with Crippen molar-refractivity contribution >= 4 is 18.2 Å². The summed E-state index contributed by atoms with van der Waals surface area (Å²) in [4.78, 5) is 0. The molecule has 0 amide bonds. The molecule has 8 heteroatoms. The summed E-state index contributed by atoms with van der Waals surface area (Å²) in [7, 11) is 1.49. The van der Waals surface area contributed by atoms with E-state index in [0.29, 0.717) is 16.9 Å². The van der Waals surface area contributed by atoms with Gasteiger partial charge >= 0.3 is 0 Å². The fraction of sp³-hybridized carbons (Fsp3) is 0.226. The highest BCUT2D eigenvalue weighted by Crippen LogP contribution is 2.32. The highest BCUT2D eigenvalue weighted by atomic mass is 16.5. The minimum absolute atomic E-state index is 0.00801. The summed E-state index contributed by atoms with van der Waals surface area (Å²) in [6.07, 6.45) is 11.6. The molecule has 0 aliphatic heterocycles. The zero-order valence-corrected chi connectivity index (χ0v) is 22.2. The van der Waals surface area contributed by atoms with Crippen LogP contribution in [0.5, 0.6) is 23.0 Å². The molecule has 3 rings (SSSR count). The van der Waals surface area contributed by atoms with E-state index in [9.17, 15) is 10.2 Å².